The molecule has 1 unspecified atom stereocenters. The van der Waals surface area contributed by atoms with E-state index < -0.39 is 10.0 Å². The van der Waals surface area contributed by atoms with Gasteiger partial charge in [-0.3, -0.25) is 0 Å². The second-order valence-electron chi connectivity index (χ2n) is 4.65. The minimum Gasteiger partial charge on any atom is -0.497 e. The molecule has 20 heavy (non-hydrogen) atoms. The molecule has 1 aliphatic rings. The minimum absolute atomic E-state index is 0. The average molecular weight is 386 g/mol. The smallest absolute Gasteiger partial charge is 0.241 e. The first-order chi connectivity index (χ1) is 8.94. The van der Waals surface area contributed by atoms with Gasteiger partial charge in [-0.25, -0.2) is 13.1 Å². The van der Waals surface area contributed by atoms with Crippen LogP contribution in [0.3, 0.4) is 0 Å². The van der Waals surface area contributed by atoms with Gasteiger partial charge in [0.2, 0.25) is 10.0 Å². The summed E-state index contributed by atoms with van der Waals surface area (Å²) in [6.07, 6.45) is 2.18. The highest BCUT2D eigenvalue weighted by atomic mass is 79.9. The number of rotatable bonds is 6. The van der Waals surface area contributed by atoms with Gasteiger partial charge in [0.15, 0.2) is 0 Å². The Labute approximate surface area is 133 Å². The maximum atomic E-state index is 12.2. The lowest BCUT2D eigenvalue weighted by atomic mass is 10.2. The molecule has 114 valence electrons. The third-order valence-corrected chi connectivity index (χ3v) is 5.57. The van der Waals surface area contributed by atoms with Gasteiger partial charge in [0.25, 0.3) is 0 Å². The van der Waals surface area contributed by atoms with E-state index >= 15 is 0 Å². The van der Waals surface area contributed by atoms with Gasteiger partial charge in [0, 0.05) is 17.1 Å². The predicted octanol–water partition coefficient (Wildman–Crippen LogP) is 1.90. The fourth-order valence-corrected chi connectivity index (χ4v) is 3.93. The fraction of sp³-hybridized carbons (Fsp3) is 0.500. The molecule has 1 saturated carbocycles. The molecule has 0 aromatic heterocycles. The normalized spacial score (nSPS) is 16.4. The first-order valence-corrected chi connectivity index (χ1v) is 8.30. The van der Waals surface area contributed by atoms with Crippen LogP contribution < -0.4 is 15.2 Å². The van der Waals surface area contributed by atoms with Crippen LogP contribution in [0.2, 0.25) is 0 Å². The molecule has 0 spiro atoms. The maximum absolute atomic E-state index is 12.2. The summed E-state index contributed by atoms with van der Waals surface area (Å²) in [7, 11) is -2.02. The molecule has 0 bridgehead atoms. The summed E-state index contributed by atoms with van der Waals surface area (Å²) in [5.41, 5.74) is 5.89. The molecule has 0 radical (unpaired) electrons. The first kappa shape index (κ1) is 17.7. The van der Waals surface area contributed by atoms with Crippen molar-refractivity contribution in [2.75, 3.05) is 13.7 Å². The van der Waals surface area contributed by atoms with Gasteiger partial charge >= 0.3 is 0 Å². The zero-order chi connectivity index (χ0) is 14.0. The summed E-state index contributed by atoms with van der Waals surface area (Å²) >= 11 is 3.24. The molecule has 0 saturated heterocycles. The van der Waals surface area contributed by atoms with E-state index in [2.05, 4.69) is 20.7 Å². The Bertz CT molecular complexity index is 564. The van der Waals surface area contributed by atoms with E-state index in [0.29, 0.717) is 16.1 Å². The number of hydrogen-bond acceptors (Lipinski definition) is 4. The van der Waals surface area contributed by atoms with Crippen molar-refractivity contribution in [1.82, 2.24) is 4.72 Å². The van der Waals surface area contributed by atoms with Crippen molar-refractivity contribution in [3.05, 3.63) is 22.7 Å². The number of hydrogen-bond donors (Lipinski definition) is 2. The Morgan fingerprint density at radius 3 is 2.65 bits per heavy atom. The molecule has 1 aromatic carbocycles. The Morgan fingerprint density at radius 2 is 2.15 bits per heavy atom. The highest BCUT2D eigenvalue weighted by molar-refractivity contribution is 9.10. The molecule has 0 aliphatic heterocycles. The summed E-state index contributed by atoms with van der Waals surface area (Å²) in [5, 5.41) is 0. The molecule has 0 heterocycles. The maximum Gasteiger partial charge on any atom is 0.241 e. The lowest BCUT2D eigenvalue weighted by Crippen LogP contribution is -2.38. The summed E-state index contributed by atoms with van der Waals surface area (Å²) in [6.45, 7) is 0.269. The molecular formula is C12H18BrClN2O3S. The predicted molar refractivity (Wildman–Crippen MR) is 83.8 cm³/mol. The number of sulfonamides is 1. The number of ether oxygens (including phenoxy) is 1. The fourth-order valence-electron chi connectivity index (χ4n) is 1.80. The number of nitrogens with one attached hydrogen (secondary N) is 1. The Kier molecular flexibility index (Phi) is 6.27. The van der Waals surface area contributed by atoms with Crippen molar-refractivity contribution in [3.8, 4) is 5.75 Å². The third kappa shape index (κ3) is 4.33. The molecular weight excluding hydrogens is 368 g/mol. The minimum atomic E-state index is -3.55. The van der Waals surface area contributed by atoms with Crippen molar-refractivity contribution in [1.29, 1.82) is 0 Å². The number of halogens is 2. The van der Waals surface area contributed by atoms with Crippen molar-refractivity contribution in [3.63, 3.8) is 0 Å². The Hall–Kier alpha value is -0.340. The van der Waals surface area contributed by atoms with Crippen molar-refractivity contribution >= 4 is 38.4 Å². The second kappa shape index (κ2) is 7.09. The van der Waals surface area contributed by atoms with E-state index in [0.717, 1.165) is 12.8 Å². The van der Waals surface area contributed by atoms with Crippen LogP contribution in [-0.2, 0) is 10.0 Å². The third-order valence-electron chi connectivity index (χ3n) is 3.17. The monoisotopic (exact) mass is 384 g/mol. The molecule has 1 aliphatic carbocycles. The number of nitrogens with two attached hydrogens (primary N) is 1. The van der Waals surface area contributed by atoms with Gasteiger partial charge in [0.1, 0.15) is 5.75 Å². The van der Waals surface area contributed by atoms with Crippen LogP contribution in [0.4, 0.5) is 0 Å². The summed E-state index contributed by atoms with van der Waals surface area (Å²) < 4.78 is 32.4. The Morgan fingerprint density at radius 1 is 1.50 bits per heavy atom. The number of benzene rings is 1. The van der Waals surface area contributed by atoms with Crippen LogP contribution in [0.25, 0.3) is 0 Å². The standard InChI is InChI=1S/C12H17BrN2O3S.ClH/c1-18-9-4-5-12(10(13)6-9)19(16,17)15-7-11(14)8-2-3-8;/h4-6,8,11,15H,2-3,7,14H2,1H3;1H. The van der Waals surface area contributed by atoms with Crippen molar-refractivity contribution in [2.45, 2.75) is 23.8 Å². The van der Waals surface area contributed by atoms with E-state index in [4.69, 9.17) is 10.5 Å². The van der Waals surface area contributed by atoms with Crippen LogP contribution in [0.15, 0.2) is 27.6 Å². The Balaban J connectivity index is 0.00000200. The topological polar surface area (TPSA) is 81.4 Å². The van der Waals surface area contributed by atoms with E-state index in [1.165, 1.54) is 13.2 Å². The molecule has 5 nitrogen and oxygen atoms in total. The lowest BCUT2D eigenvalue weighted by Gasteiger charge is -2.13. The second-order valence-corrected chi connectivity index (χ2v) is 7.24. The van der Waals surface area contributed by atoms with E-state index in [1.54, 1.807) is 12.1 Å². The van der Waals surface area contributed by atoms with Gasteiger partial charge in [-0.05, 0) is 52.9 Å². The van der Waals surface area contributed by atoms with E-state index in [9.17, 15) is 8.42 Å². The molecule has 2 rings (SSSR count). The molecule has 1 fully saturated rings. The molecule has 0 amide bonds. The van der Waals surface area contributed by atoms with E-state index in [-0.39, 0.29) is 29.9 Å². The lowest BCUT2D eigenvalue weighted by molar-refractivity contribution is 0.414. The quantitative estimate of drug-likeness (QED) is 0.783. The zero-order valence-electron chi connectivity index (χ0n) is 11.0. The number of methoxy groups -OCH3 is 1. The summed E-state index contributed by atoms with van der Waals surface area (Å²) in [6, 6.07) is 4.63. The van der Waals surface area contributed by atoms with Crippen LogP contribution in [0.1, 0.15) is 12.8 Å². The van der Waals surface area contributed by atoms with Crippen LogP contribution in [0.5, 0.6) is 5.75 Å². The highest BCUT2D eigenvalue weighted by Gasteiger charge is 2.29. The van der Waals surface area contributed by atoms with Crippen molar-refractivity contribution in [2.24, 2.45) is 11.7 Å². The molecule has 8 heteroatoms. The molecule has 1 aromatic rings. The van der Waals surface area contributed by atoms with Gasteiger partial charge in [0.05, 0.1) is 12.0 Å². The molecule has 1 atom stereocenters. The van der Waals surface area contributed by atoms with Crippen molar-refractivity contribution < 1.29 is 13.2 Å². The van der Waals surface area contributed by atoms with Crippen LogP contribution >= 0.6 is 28.3 Å². The molecule has 3 N–H and O–H groups in total. The van der Waals surface area contributed by atoms with Gasteiger partial charge < -0.3 is 10.5 Å². The van der Waals surface area contributed by atoms with Gasteiger partial charge in [-0.15, -0.1) is 12.4 Å². The highest BCUT2D eigenvalue weighted by Crippen LogP contribution is 2.31. The summed E-state index contributed by atoms with van der Waals surface area (Å²) in [4.78, 5) is 0.191. The van der Waals surface area contributed by atoms with Gasteiger partial charge in [-0.2, -0.15) is 0 Å². The zero-order valence-corrected chi connectivity index (χ0v) is 14.2. The van der Waals surface area contributed by atoms with Crippen LogP contribution in [0, 0.1) is 5.92 Å². The van der Waals surface area contributed by atoms with E-state index in [1.807, 2.05) is 0 Å². The average Bonchev–Trinajstić information content (AvgIpc) is 3.19. The first-order valence-electron chi connectivity index (χ1n) is 6.03. The van der Waals surface area contributed by atoms with Gasteiger partial charge in [-0.1, -0.05) is 0 Å². The summed E-state index contributed by atoms with van der Waals surface area (Å²) in [5.74, 6) is 1.06. The SMILES string of the molecule is COc1ccc(S(=O)(=O)NCC(N)C2CC2)c(Br)c1.Cl. The largest absolute Gasteiger partial charge is 0.497 e. The van der Waals surface area contributed by atoms with Crippen LogP contribution in [-0.4, -0.2) is 28.1 Å².